The van der Waals surface area contributed by atoms with E-state index in [0.29, 0.717) is 5.92 Å². The standard InChI is InChI=1S/C31H25N3OS/c1-20(2)21-17-22(19-23(18-21)36-30-13-7-8-16-32-30)26-15-14-25-24-9-3-4-10-27(24)34(31(25)33-26)28-11-5-6-12-29(28)35/h3-20,35H,1-2H3. The number of hydrogen-bond donors (Lipinski definition) is 1. The molecule has 0 saturated heterocycles. The van der Waals surface area contributed by atoms with Crippen LogP contribution < -0.4 is 0 Å². The van der Waals surface area contributed by atoms with Crippen molar-refractivity contribution in [3.05, 3.63) is 109 Å². The molecule has 0 aliphatic heterocycles. The van der Waals surface area contributed by atoms with Gasteiger partial charge in [0, 0.05) is 27.4 Å². The second kappa shape index (κ2) is 9.17. The molecule has 4 nitrogen and oxygen atoms in total. The molecule has 5 heteroatoms. The molecule has 1 N–H and O–H groups in total. The van der Waals surface area contributed by atoms with E-state index in [4.69, 9.17) is 4.98 Å². The molecular weight excluding hydrogens is 462 g/mol. The number of benzene rings is 3. The quantitative estimate of drug-likeness (QED) is 0.266. The second-order valence-electron chi connectivity index (χ2n) is 9.12. The Kier molecular flexibility index (Phi) is 5.70. The highest BCUT2D eigenvalue weighted by Gasteiger charge is 2.17. The topological polar surface area (TPSA) is 50.9 Å². The predicted octanol–water partition coefficient (Wildman–Crippen LogP) is 8.22. The highest BCUT2D eigenvalue weighted by molar-refractivity contribution is 7.99. The second-order valence-corrected chi connectivity index (χ2v) is 10.2. The van der Waals surface area contributed by atoms with E-state index in [1.54, 1.807) is 17.8 Å². The monoisotopic (exact) mass is 487 g/mol. The number of aromatic nitrogens is 3. The lowest BCUT2D eigenvalue weighted by Gasteiger charge is -2.13. The Morgan fingerprint density at radius 2 is 1.61 bits per heavy atom. The van der Waals surface area contributed by atoms with Crippen LogP contribution in [0.4, 0.5) is 0 Å². The minimum atomic E-state index is 0.225. The zero-order valence-electron chi connectivity index (χ0n) is 20.1. The summed E-state index contributed by atoms with van der Waals surface area (Å²) < 4.78 is 2.05. The first kappa shape index (κ1) is 22.4. The zero-order chi connectivity index (χ0) is 24.6. The normalized spacial score (nSPS) is 11.5. The van der Waals surface area contributed by atoms with Gasteiger partial charge in [-0.3, -0.25) is 4.57 Å². The van der Waals surface area contributed by atoms with Gasteiger partial charge in [-0.1, -0.05) is 62.0 Å². The third-order valence-corrected chi connectivity index (χ3v) is 7.32. The molecule has 3 aromatic carbocycles. The molecule has 0 atom stereocenters. The Bertz CT molecular complexity index is 1710. The van der Waals surface area contributed by atoms with E-state index in [0.717, 1.165) is 48.8 Å². The molecule has 36 heavy (non-hydrogen) atoms. The molecule has 0 spiro atoms. The van der Waals surface area contributed by atoms with Crippen LogP contribution in [-0.4, -0.2) is 19.6 Å². The average Bonchev–Trinajstić information content (AvgIpc) is 3.23. The third kappa shape index (κ3) is 4.01. The van der Waals surface area contributed by atoms with Crippen molar-refractivity contribution in [2.24, 2.45) is 0 Å². The molecule has 0 aliphatic rings. The van der Waals surface area contributed by atoms with Crippen LogP contribution in [0.25, 0.3) is 38.9 Å². The largest absolute Gasteiger partial charge is 0.506 e. The van der Waals surface area contributed by atoms with Gasteiger partial charge in [-0.05, 0) is 72.1 Å². The maximum absolute atomic E-state index is 10.7. The van der Waals surface area contributed by atoms with Crippen LogP contribution in [0.2, 0.25) is 0 Å². The fraction of sp³-hybridized carbons (Fsp3) is 0.0968. The summed E-state index contributed by atoms with van der Waals surface area (Å²) in [6.07, 6.45) is 1.82. The van der Waals surface area contributed by atoms with E-state index in [9.17, 15) is 5.11 Å². The first-order chi connectivity index (χ1) is 17.6. The maximum atomic E-state index is 10.7. The lowest BCUT2D eigenvalue weighted by Crippen LogP contribution is -1.97. The van der Waals surface area contributed by atoms with Crippen LogP contribution in [0.5, 0.6) is 5.75 Å². The Morgan fingerprint density at radius 1 is 0.806 bits per heavy atom. The lowest BCUT2D eigenvalue weighted by molar-refractivity contribution is 0.473. The van der Waals surface area contributed by atoms with Crippen LogP contribution in [-0.2, 0) is 0 Å². The number of para-hydroxylation sites is 3. The van der Waals surface area contributed by atoms with Gasteiger partial charge >= 0.3 is 0 Å². The van der Waals surface area contributed by atoms with Crippen LogP contribution in [0.15, 0.2) is 113 Å². The number of nitrogens with zero attached hydrogens (tertiary/aromatic N) is 3. The summed E-state index contributed by atoms with van der Waals surface area (Å²) in [6, 6.07) is 32.5. The van der Waals surface area contributed by atoms with E-state index in [-0.39, 0.29) is 5.75 Å². The smallest absolute Gasteiger partial charge is 0.146 e. The van der Waals surface area contributed by atoms with E-state index < -0.39 is 0 Å². The van der Waals surface area contributed by atoms with Gasteiger partial charge in [-0.2, -0.15) is 0 Å². The van der Waals surface area contributed by atoms with Crippen LogP contribution in [0.1, 0.15) is 25.3 Å². The summed E-state index contributed by atoms with van der Waals surface area (Å²) in [5.41, 5.74) is 5.78. The lowest BCUT2D eigenvalue weighted by atomic mass is 9.99. The minimum absolute atomic E-state index is 0.225. The number of pyridine rings is 2. The predicted molar refractivity (Wildman–Crippen MR) is 148 cm³/mol. The van der Waals surface area contributed by atoms with Crippen molar-refractivity contribution in [3.8, 4) is 22.7 Å². The van der Waals surface area contributed by atoms with Gasteiger partial charge in [0.05, 0.1) is 16.9 Å². The highest BCUT2D eigenvalue weighted by Crippen LogP contribution is 2.37. The molecule has 0 unspecified atom stereocenters. The van der Waals surface area contributed by atoms with Crippen LogP contribution in [0, 0.1) is 0 Å². The molecule has 6 rings (SSSR count). The molecular formula is C31H25N3OS. The van der Waals surface area contributed by atoms with Gasteiger partial charge < -0.3 is 5.11 Å². The summed E-state index contributed by atoms with van der Waals surface area (Å²) in [5.74, 6) is 0.604. The van der Waals surface area contributed by atoms with Crippen molar-refractivity contribution in [1.82, 2.24) is 14.5 Å². The van der Waals surface area contributed by atoms with Gasteiger partial charge in [0.2, 0.25) is 0 Å². The van der Waals surface area contributed by atoms with E-state index in [1.807, 2.05) is 54.7 Å². The average molecular weight is 488 g/mol. The zero-order valence-corrected chi connectivity index (χ0v) is 20.9. The molecule has 0 radical (unpaired) electrons. The molecule has 0 bridgehead atoms. The van der Waals surface area contributed by atoms with Crippen molar-refractivity contribution >= 4 is 33.7 Å². The van der Waals surface area contributed by atoms with Gasteiger partial charge in [0.15, 0.2) is 0 Å². The molecule has 176 valence electrons. The van der Waals surface area contributed by atoms with E-state index in [2.05, 4.69) is 65.9 Å². The number of aromatic hydroxyl groups is 1. The van der Waals surface area contributed by atoms with Gasteiger partial charge in [0.1, 0.15) is 16.4 Å². The molecule has 6 aromatic rings. The first-order valence-corrected chi connectivity index (χ1v) is 12.8. The van der Waals surface area contributed by atoms with Crippen LogP contribution >= 0.6 is 11.8 Å². The molecule has 0 fully saturated rings. The highest BCUT2D eigenvalue weighted by atomic mass is 32.2. The molecule has 0 amide bonds. The number of rotatable bonds is 5. The molecule has 3 aromatic heterocycles. The third-order valence-electron chi connectivity index (χ3n) is 6.40. The van der Waals surface area contributed by atoms with Crippen molar-refractivity contribution in [1.29, 1.82) is 0 Å². The molecule has 0 saturated carbocycles. The van der Waals surface area contributed by atoms with Gasteiger partial charge in [-0.15, -0.1) is 0 Å². The summed E-state index contributed by atoms with van der Waals surface area (Å²) in [6.45, 7) is 4.42. The van der Waals surface area contributed by atoms with Crippen molar-refractivity contribution in [2.75, 3.05) is 0 Å². The van der Waals surface area contributed by atoms with Gasteiger partial charge in [0.25, 0.3) is 0 Å². The summed E-state index contributed by atoms with van der Waals surface area (Å²) in [7, 11) is 0. The summed E-state index contributed by atoms with van der Waals surface area (Å²) >= 11 is 1.66. The van der Waals surface area contributed by atoms with E-state index in [1.165, 1.54) is 5.56 Å². The Labute approximate surface area is 214 Å². The number of phenolic OH excluding ortho intramolecular Hbond substituents is 1. The summed E-state index contributed by atoms with van der Waals surface area (Å²) in [5, 5.41) is 13.8. The van der Waals surface area contributed by atoms with Crippen molar-refractivity contribution in [3.63, 3.8) is 0 Å². The maximum Gasteiger partial charge on any atom is 0.146 e. The Morgan fingerprint density at radius 3 is 2.42 bits per heavy atom. The van der Waals surface area contributed by atoms with E-state index >= 15 is 0 Å². The van der Waals surface area contributed by atoms with Gasteiger partial charge in [-0.25, -0.2) is 9.97 Å². The molecule has 3 heterocycles. The SMILES string of the molecule is CC(C)c1cc(Sc2ccccn2)cc(-c2ccc3c4ccccc4n(-c4ccccc4O)c3n2)c1. The van der Waals surface area contributed by atoms with Crippen LogP contribution in [0.3, 0.4) is 0 Å². The fourth-order valence-corrected chi connectivity index (χ4v) is 5.47. The number of fused-ring (bicyclic) bond motifs is 3. The van der Waals surface area contributed by atoms with Crippen molar-refractivity contribution in [2.45, 2.75) is 29.7 Å². The van der Waals surface area contributed by atoms with Crippen molar-refractivity contribution < 1.29 is 5.11 Å². The number of hydrogen-bond acceptors (Lipinski definition) is 4. The fourth-order valence-electron chi connectivity index (χ4n) is 4.59. The minimum Gasteiger partial charge on any atom is -0.506 e. The summed E-state index contributed by atoms with van der Waals surface area (Å²) in [4.78, 5) is 10.8. The first-order valence-electron chi connectivity index (χ1n) is 12.0. The Hall–Kier alpha value is -4.09. The molecule has 0 aliphatic carbocycles. The number of phenols is 1. The Balaban J connectivity index is 1.56.